The van der Waals surface area contributed by atoms with Crippen molar-refractivity contribution in [3.63, 3.8) is 0 Å². The minimum absolute atomic E-state index is 0.229. The second-order valence-electron chi connectivity index (χ2n) is 3.62. The van der Waals surface area contributed by atoms with Gasteiger partial charge in [0, 0.05) is 0 Å². The Hall–Kier alpha value is -0.570. The average Bonchev–Trinajstić information content (AvgIpc) is 2.04. The van der Waals surface area contributed by atoms with Gasteiger partial charge in [0.1, 0.15) is 6.04 Å². The van der Waals surface area contributed by atoms with Gasteiger partial charge in [0.15, 0.2) is 0 Å². The highest BCUT2D eigenvalue weighted by molar-refractivity contribution is 5.73. The van der Waals surface area contributed by atoms with E-state index in [0.717, 1.165) is 19.4 Å². The zero-order chi connectivity index (χ0) is 10.4. The normalized spacial score (nSPS) is 15.8. The molecule has 0 spiro atoms. The number of hydrogen-bond acceptors (Lipinski definition) is 2. The second kappa shape index (κ2) is 5.97. The van der Waals surface area contributed by atoms with Crippen molar-refractivity contribution in [3.8, 4) is 0 Å². The van der Waals surface area contributed by atoms with Crippen molar-refractivity contribution in [2.75, 3.05) is 13.6 Å². The third-order valence-electron chi connectivity index (χ3n) is 2.51. The summed E-state index contributed by atoms with van der Waals surface area (Å²) in [5, 5.41) is 9.03. The maximum atomic E-state index is 11.0. The largest absolute Gasteiger partial charge is 0.480 e. The fourth-order valence-electron chi connectivity index (χ4n) is 1.68. The van der Waals surface area contributed by atoms with Crippen molar-refractivity contribution in [1.29, 1.82) is 0 Å². The summed E-state index contributed by atoms with van der Waals surface area (Å²) >= 11 is 0. The molecule has 1 N–H and O–H groups in total. The predicted molar refractivity (Wildman–Crippen MR) is 53.8 cm³/mol. The van der Waals surface area contributed by atoms with Crippen LogP contribution in [0.15, 0.2) is 0 Å². The Balaban J connectivity index is 4.31. The maximum absolute atomic E-state index is 11.0. The third kappa shape index (κ3) is 3.77. The highest BCUT2D eigenvalue weighted by Crippen LogP contribution is 2.15. The molecule has 78 valence electrons. The van der Waals surface area contributed by atoms with Crippen molar-refractivity contribution in [3.05, 3.63) is 0 Å². The lowest BCUT2D eigenvalue weighted by Crippen LogP contribution is -2.43. The molecule has 0 saturated heterocycles. The molecule has 0 aliphatic heterocycles. The first-order valence-electron chi connectivity index (χ1n) is 4.97. The summed E-state index contributed by atoms with van der Waals surface area (Å²) < 4.78 is 0. The van der Waals surface area contributed by atoms with Crippen LogP contribution in [0, 0.1) is 5.92 Å². The van der Waals surface area contributed by atoms with Gasteiger partial charge in [-0.2, -0.15) is 0 Å². The number of hydrogen-bond donors (Lipinski definition) is 1. The number of likely N-dealkylation sites (N-methyl/N-ethyl adjacent to an activating group) is 1. The van der Waals surface area contributed by atoms with Crippen LogP contribution < -0.4 is 0 Å². The van der Waals surface area contributed by atoms with Crippen LogP contribution in [0.2, 0.25) is 0 Å². The molecule has 2 atom stereocenters. The van der Waals surface area contributed by atoms with Crippen molar-refractivity contribution in [2.45, 2.75) is 39.7 Å². The number of aliphatic carboxylic acids is 1. The van der Waals surface area contributed by atoms with Gasteiger partial charge in [-0.3, -0.25) is 9.69 Å². The van der Waals surface area contributed by atoms with Crippen LogP contribution in [0.4, 0.5) is 0 Å². The average molecular weight is 187 g/mol. The van der Waals surface area contributed by atoms with Crippen molar-refractivity contribution in [2.24, 2.45) is 5.92 Å². The van der Waals surface area contributed by atoms with E-state index < -0.39 is 5.97 Å². The van der Waals surface area contributed by atoms with Gasteiger partial charge in [-0.15, -0.1) is 0 Å². The van der Waals surface area contributed by atoms with E-state index in [2.05, 4.69) is 6.92 Å². The lowest BCUT2D eigenvalue weighted by Gasteiger charge is -2.28. The molecule has 0 aromatic rings. The fraction of sp³-hybridized carbons (Fsp3) is 0.900. The SMILES string of the molecule is CCCC(C)C(C(=O)O)N(C)CC. The van der Waals surface area contributed by atoms with E-state index in [1.807, 2.05) is 25.8 Å². The molecule has 0 saturated carbocycles. The first-order valence-corrected chi connectivity index (χ1v) is 4.97. The van der Waals surface area contributed by atoms with E-state index in [1.165, 1.54) is 0 Å². The summed E-state index contributed by atoms with van der Waals surface area (Å²) in [6, 6.07) is -0.329. The molecule has 0 aromatic carbocycles. The number of carboxylic acid groups (broad SMARTS) is 1. The zero-order valence-corrected chi connectivity index (χ0v) is 9.08. The molecule has 0 radical (unpaired) electrons. The summed E-state index contributed by atoms with van der Waals surface area (Å²) in [5.74, 6) is -0.474. The summed E-state index contributed by atoms with van der Waals surface area (Å²) in [6.45, 7) is 6.86. The summed E-state index contributed by atoms with van der Waals surface area (Å²) in [6.07, 6.45) is 2.02. The van der Waals surface area contributed by atoms with Crippen LogP contribution in [0.5, 0.6) is 0 Å². The van der Waals surface area contributed by atoms with E-state index in [9.17, 15) is 4.79 Å². The summed E-state index contributed by atoms with van der Waals surface area (Å²) in [4.78, 5) is 12.9. The monoisotopic (exact) mass is 187 g/mol. The lowest BCUT2D eigenvalue weighted by atomic mass is 9.96. The minimum Gasteiger partial charge on any atom is -0.480 e. The number of rotatable bonds is 6. The van der Waals surface area contributed by atoms with Crippen LogP contribution in [0.1, 0.15) is 33.6 Å². The van der Waals surface area contributed by atoms with Crippen LogP contribution >= 0.6 is 0 Å². The maximum Gasteiger partial charge on any atom is 0.321 e. The Morgan fingerprint density at radius 1 is 1.46 bits per heavy atom. The van der Waals surface area contributed by atoms with E-state index in [0.29, 0.717) is 0 Å². The Bertz CT molecular complexity index is 159. The van der Waals surface area contributed by atoms with Gasteiger partial charge in [-0.25, -0.2) is 0 Å². The highest BCUT2D eigenvalue weighted by atomic mass is 16.4. The predicted octanol–water partition coefficient (Wildman–Crippen LogP) is 1.83. The molecule has 0 amide bonds. The lowest BCUT2D eigenvalue weighted by molar-refractivity contribution is -0.144. The minimum atomic E-state index is -0.703. The Labute approximate surface area is 80.7 Å². The van der Waals surface area contributed by atoms with Crippen molar-refractivity contribution in [1.82, 2.24) is 4.90 Å². The molecule has 13 heavy (non-hydrogen) atoms. The Morgan fingerprint density at radius 3 is 2.31 bits per heavy atom. The molecule has 0 aromatic heterocycles. The second-order valence-corrected chi connectivity index (χ2v) is 3.62. The number of nitrogens with zero attached hydrogens (tertiary/aromatic N) is 1. The molecule has 0 aliphatic rings. The van der Waals surface area contributed by atoms with Crippen LogP contribution in [0.3, 0.4) is 0 Å². The summed E-state index contributed by atoms with van der Waals surface area (Å²) in [7, 11) is 1.87. The van der Waals surface area contributed by atoms with Crippen molar-refractivity contribution >= 4 is 5.97 Å². The van der Waals surface area contributed by atoms with Gasteiger partial charge in [0.25, 0.3) is 0 Å². The molecule has 3 nitrogen and oxygen atoms in total. The van der Waals surface area contributed by atoms with E-state index in [-0.39, 0.29) is 12.0 Å². The topological polar surface area (TPSA) is 40.5 Å². The molecule has 0 heterocycles. The van der Waals surface area contributed by atoms with Gasteiger partial charge in [0.2, 0.25) is 0 Å². The number of carboxylic acids is 1. The molecule has 0 aliphatic carbocycles. The molecular weight excluding hydrogens is 166 g/mol. The smallest absolute Gasteiger partial charge is 0.321 e. The van der Waals surface area contributed by atoms with Crippen LogP contribution in [-0.4, -0.2) is 35.6 Å². The fourth-order valence-corrected chi connectivity index (χ4v) is 1.68. The highest BCUT2D eigenvalue weighted by Gasteiger charge is 2.26. The van der Waals surface area contributed by atoms with Crippen molar-refractivity contribution < 1.29 is 9.90 Å². The van der Waals surface area contributed by atoms with Gasteiger partial charge < -0.3 is 5.11 Å². The van der Waals surface area contributed by atoms with E-state index in [4.69, 9.17) is 5.11 Å². The summed E-state index contributed by atoms with van der Waals surface area (Å²) in [5.41, 5.74) is 0. The zero-order valence-electron chi connectivity index (χ0n) is 9.08. The molecule has 3 heteroatoms. The standard InChI is InChI=1S/C10H21NO2/c1-5-7-8(3)9(10(12)13)11(4)6-2/h8-9H,5-7H2,1-4H3,(H,12,13). The van der Waals surface area contributed by atoms with Gasteiger partial charge >= 0.3 is 5.97 Å². The first kappa shape index (κ1) is 12.4. The quantitative estimate of drug-likeness (QED) is 0.689. The van der Waals surface area contributed by atoms with Crippen LogP contribution in [-0.2, 0) is 4.79 Å². The molecule has 2 unspecified atom stereocenters. The molecular formula is C10H21NO2. The van der Waals surface area contributed by atoms with E-state index >= 15 is 0 Å². The molecule has 0 fully saturated rings. The molecule has 0 bridgehead atoms. The Kier molecular flexibility index (Phi) is 5.71. The first-order chi connectivity index (χ1) is 6.04. The van der Waals surface area contributed by atoms with Crippen LogP contribution in [0.25, 0.3) is 0 Å². The van der Waals surface area contributed by atoms with Gasteiger partial charge in [0.05, 0.1) is 0 Å². The van der Waals surface area contributed by atoms with E-state index in [1.54, 1.807) is 0 Å². The Morgan fingerprint density at radius 2 is 2.00 bits per heavy atom. The van der Waals surface area contributed by atoms with Gasteiger partial charge in [-0.05, 0) is 25.9 Å². The molecule has 0 rings (SSSR count). The van der Waals surface area contributed by atoms with Gasteiger partial charge in [-0.1, -0.05) is 27.2 Å². The third-order valence-corrected chi connectivity index (χ3v) is 2.51. The number of carbonyl (C=O) groups is 1.